The van der Waals surface area contributed by atoms with Crippen LogP contribution in [-0.2, 0) is 0 Å². The summed E-state index contributed by atoms with van der Waals surface area (Å²) in [5, 5.41) is 13.6. The molecule has 0 aliphatic heterocycles. The zero-order valence-electron chi connectivity index (χ0n) is 42.5. The van der Waals surface area contributed by atoms with E-state index in [0.717, 1.165) is 5.69 Å². The molecule has 2 atom stereocenters. The summed E-state index contributed by atoms with van der Waals surface area (Å²) < 4.78 is 2.54. The molecular formula is C74H53NSi2. The molecular weight excluding hydrogens is 959 g/mol. The van der Waals surface area contributed by atoms with E-state index in [-0.39, 0.29) is 11.8 Å². The molecule has 0 saturated heterocycles. The fourth-order valence-electron chi connectivity index (χ4n) is 14.3. The van der Waals surface area contributed by atoms with Crippen LogP contribution in [0.2, 0.25) is 0 Å². The molecule has 77 heavy (non-hydrogen) atoms. The van der Waals surface area contributed by atoms with Gasteiger partial charge >= 0.3 is 0 Å². The topological polar surface area (TPSA) is 4.93 Å². The van der Waals surface area contributed by atoms with Crippen LogP contribution in [0.3, 0.4) is 0 Å². The van der Waals surface area contributed by atoms with Gasteiger partial charge in [0.05, 0.1) is 11.0 Å². The van der Waals surface area contributed by atoms with Crippen LogP contribution in [-0.4, -0.2) is 20.7 Å². The number of hydrogen-bond donors (Lipinski definition) is 0. The third-order valence-electron chi connectivity index (χ3n) is 17.3. The van der Waals surface area contributed by atoms with Gasteiger partial charge in [-0.15, -0.1) is 0 Å². The highest BCUT2D eigenvalue weighted by atomic mass is 28.3. The van der Waals surface area contributed by atoms with E-state index in [1.807, 2.05) is 0 Å². The van der Waals surface area contributed by atoms with E-state index in [9.17, 15) is 0 Å². The average molecular weight is 1010 g/mol. The van der Waals surface area contributed by atoms with Gasteiger partial charge in [-0.3, -0.25) is 0 Å². The number of rotatable bonds is 10. The van der Waals surface area contributed by atoms with E-state index < -0.39 is 16.1 Å². The second-order valence-electron chi connectivity index (χ2n) is 20.9. The second-order valence-corrected chi connectivity index (χ2v) is 28.5. The third kappa shape index (κ3) is 6.77. The summed E-state index contributed by atoms with van der Waals surface area (Å²) in [6.07, 6.45) is 0. The molecule has 0 fully saturated rings. The highest BCUT2D eigenvalue weighted by Crippen LogP contribution is 2.57. The Kier molecular flexibility index (Phi) is 10.8. The highest BCUT2D eigenvalue weighted by molar-refractivity contribution is 7.20. The molecule has 3 aliphatic rings. The van der Waals surface area contributed by atoms with E-state index in [0.29, 0.717) is 0 Å². The van der Waals surface area contributed by atoms with Crippen molar-refractivity contribution in [2.45, 2.75) is 11.8 Å². The van der Waals surface area contributed by atoms with Gasteiger partial charge in [-0.2, -0.15) is 0 Å². The Morgan fingerprint density at radius 2 is 0.688 bits per heavy atom. The first-order valence-corrected chi connectivity index (χ1v) is 31.1. The van der Waals surface area contributed by atoms with Gasteiger partial charge in [0.2, 0.25) is 0 Å². The number of para-hydroxylation sites is 1. The molecule has 0 radical (unpaired) electrons. The van der Waals surface area contributed by atoms with Crippen molar-refractivity contribution in [1.82, 2.24) is 4.57 Å². The van der Waals surface area contributed by atoms with Crippen molar-refractivity contribution in [3.05, 3.63) is 343 Å². The Morgan fingerprint density at radius 1 is 0.260 bits per heavy atom. The fraction of sp³-hybridized carbons (Fsp3) is 0.0270. The number of fused-ring (bicyclic) bond motifs is 3. The quantitative estimate of drug-likeness (QED) is 0.0950. The number of aromatic nitrogens is 1. The number of nitrogens with zero attached hydrogens (tertiary/aromatic N) is 1. The van der Waals surface area contributed by atoms with Crippen molar-refractivity contribution in [2.24, 2.45) is 0 Å². The first kappa shape index (κ1) is 45.3. The molecule has 1 nitrogen and oxygen atoms in total. The Hall–Kier alpha value is -9.13. The Labute approximate surface area is 452 Å². The van der Waals surface area contributed by atoms with Gasteiger partial charge in [0, 0.05) is 28.3 Å². The van der Waals surface area contributed by atoms with Gasteiger partial charge in [-0.05, 0) is 110 Å². The second kappa shape index (κ2) is 18.3. The maximum Gasteiger partial charge on any atom is 0.179 e. The summed E-state index contributed by atoms with van der Waals surface area (Å²) in [7, 11) is -5.77. The molecule has 0 saturated carbocycles. The SMILES string of the molecule is c1ccc([Si](c2ccccc2)(c2ccccc2)c2ccc3c4ccccc4n(-c4cccc(-c5cccc6c5C5c7ccccc7C6c6cccc([Si](c7ccccc7)(c7ccccc7)c7ccccc7)c65)c4)c3c2)cc1. The van der Waals surface area contributed by atoms with Crippen molar-refractivity contribution in [3.8, 4) is 16.8 Å². The van der Waals surface area contributed by atoms with Crippen molar-refractivity contribution in [3.63, 3.8) is 0 Å². The molecule has 3 aliphatic carbocycles. The van der Waals surface area contributed by atoms with Crippen molar-refractivity contribution < 1.29 is 0 Å². The van der Waals surface area contributed by atoms with Gasteiger partial charge < -0.3 is 4.57 Å². The molecule has 12 aromatic carbocycles. The van der Waals surface area contributed by atoms with Crippen LogP contribution < -0.4 is 41.5 Å². The molecule has 2 bridgehead atoms. The molecule has 3 heteroatoms. The van der Waals surface area contributed by atoms with Gasteiger partial charge in [-0.25, -0.2) is 0 Å². The molecule has 362 valence electrons. The molecule has 0 spiro atoms. The van der Waals surface area contributed by atoms with E-state index >= 15 is 0 Å². The largest absolute Gasteiger partial charge is 0.309 e. The fourth-order valence-corrected chi connectivity index (χ4v) is 24.1. The zero-order valence-corrected chi connectivity index (χ0v) is 44.5. The lowest BCUT2D eigenvalue weighted by Crippen LogP contribution is -2.75. The smallest absolute Gasteiger partial charge is 0.179 e. The van der Waals surface area contributed by atoms with Gasteiger partial charge in [0.1, 0.15) is 0 Å². The Balaban J connectivity index is 0.963. The van der Waals surface area contributed by atoms with E-state index in [4.69, 9.17) is 0 Å². The van der Waals surface area contributed by atoms with Crippen LogP contribution >= 0.6 is 0 Å². The summed E-state index contributed by atoms with van der Waals surface area (Å²) in [4.78, 5) is 0. The average Bonchev–Trinajstić information content (AvgIpc) is 3.86. The van der Waals surface area contributed by atoms with Crippen molar-refractivity contribution >= 4 is 79.4 Å². The monoisotopic (exact) mass is 1010 g/mol. The van der Waals surface area contributed by atoms with Crippen LogP contribution in [0, 0.1) is 0 Å². The lowest BCUT2D eigenvalue weighted by atomic mass is 9.60. The standard InChI is InChI=1S/C74H53NSi2/c1-7-28-54(29-8-1)76(55-30-9-2-10-31-55,56-32-11-3-12-33-56)60-48-49-63-62-40-21-22-46-68(62)75(69(63)51-60)53-27-23-26-52(50-53)61-43-24-44-66-71-64-41-19-20-42-65(64)74(72(61)66)73-67(71)45-25-47-70(73)77(57-34-13-4-14-35-57,58-36-15-5-16-37-58)59-38-17-6-18-39-59/h1-51,71,74H. The van der Waals surface area contributed by atoms with Crippen LogP contribution in [0.5, 0.6) is 0 Å². The normalized spacial score (nSPS) is 14.5. The third-order valence-corrected chi connectivity index (χ3v) is 26.9. The minimum Gasteiger partial charge on any atom is -0.309 e. The highest BCUT2D eigenvalue weighted by Gasteiger charge is 2.50. The van der Waals surface area contributed by atoms with Crippen molar-refractivity contribution in [1.29, 1.82) is 0 Å². The van der Waals surface area contributed by atoms with Crippen LogP contribution in [0.15, 0.2) is 309 Å². The molecule has 2 unspecified atom stereocenters. The maximum atomic E-state index is 2.54. The van der Waals surface area contributed by atoms with Gasteiger partial charge in [0.25, 0.3) is 0 Å². The summed E-state index contributed by atoms with van der Waals surface area (Å²) in [6, 6.07) is 118. The lowest BCUT2D eigenvalue weighted by Gasteiger charge is -2.47. The summed E-state index contributed by atoms with van der Waals surface area (Å²) in [5.74, 6) is 0.112. The number of hydrogen-bond acceptors (Lipinski definition) is 0. The molecule has 0 N–H and O–H groups in total. The molecule has 0 amide bonds. The van der Waals surface area contributed by atoms with Crippen LogP contribution in [0.25, 0.3) is 38.6 Å². The summed E-state index contributed by atoms with van der Waals surface area (Å²) in [6.45, 7) is 0. The molecule has 16 rings (SSSR count). The minimum atomic E-state index is -2.94. The summed E-state index contributed by atoms with van der Waals surface area (Å²) in [5.41, 5.74) is 14.7. The van der Waals surface area contributed by atoms with Gasteiger partial charge in [0.15, 0.2) is 16.1 Å². The molecule has 1 heterocycles. The van der Waals surface area contributed by atoms with E-state index in [1.165, 1.54) is 108 Å². The molecule has 1 aromatic heterocycles. The first-order chi connectivity index (χ1) is 38.2. The maximum absolute atomic E-state index is 2.94. The van der Waals surface area contributed by atoms with E-state index in [1.54, 1.807) is 0 Å². The predicted molar refractivity (Wildman–Crippen MR) is 328 cm³/mol. The lowest BCUT2D eigenvalue weighted by molar-refractivity contribution is 0.760. The molecule has 13 aromatic rings. The van der Waals surface area contributed by atoms with Crippen LogP contribution in [0.1, 0.15) is 45.2 Å². The zero-order chi connectivity index (χ0) is 50.9. The predicted octanol–water partition coefficient (Wildman–Crippen LogP) is 12.2. The van der Waals surface area contributed by atoms with Crippen molar-refractivity contribution in [2.75, 3.05) is 0 Å². The number of benzene rings is 12. The Morgan fingerprint density at radius 3 is 1.25 bits per heavy atom. The first-order valence-electron chi connectivity index (χ1n) is 27.1. The van der Waals surface area contributed by atoms with Gasteiger partial charge in [-0.1, -0.05) is 285 Å². The van der Waals surface area contributed by atoms with Crippen LogP contribution in [0.4, 0.5) is 0 Å². The van der Waals surface area contributed by atoms with E-state index in [2.05, 4.69) is 314 Å². The minimum absolute atomic E-state index is 0.0168. The summed E-state index contributed by atoms with van der Waals surface area (Å²) >= 11 is 0. The Bertz CT molecular complexity index is 4130.